The molecule has 0 radical (unpaired) electrons. The van der Waals surface area contributed by atoms with E-state index in [0.29, 0.717) is 17.7 Å². The van der Waals surface area contributed by atoms with E-state index in [4.69, 9.17) is 9.84 Å². The zero-order valence-electron chi connectivity index (χ0n) is 7.79. The molecule has 0 bridgehead atoms. The first-order chi connectivity index (χ1) is 6.70. The van der Waals surface area contributed by atoms with E-state index in [1.165, 1.54) is 0 Å². The molecule has 0 aliphatic heterocycles. The van der Waals surface area contributed by atoms with Crippen LogP contribution in [0.15, 0.2) is 18.2 Å². The number of aromatic carboxylic acids is 1. The van der Waals surface area contributed by atoms with Crippen molar-refractivity contribution in [3.05, 3.63) is 29.3 Å². The normalized spacial score (nSPS) is 9.86. The lowest BCUT2D eigenvalue weighted by molar-refractivity contribution is 0.0692. The summed E-state index contributed by atoms with van der Waals surface area (Å²) in [4.78, 5) is 10.9. The van der Waals surface area contributed by atoms with Crippen LogP contribution in [0.4, 0.5) is 0 Å². The lowest BCUT2D eigenvalue weighted by Crippen LogP contribution is -2.04. The molecular formula is C10H11BrO3. The van der Waals surface area contributed by atoms with Gasteiger partial charge in [-0.25, -0.2) is 4.79 Å². The number of hydrogen-bond acceptors (Lipinski definition) is 2. The molecule has 3 nitrogen and oxygen atoms in total. The van der Waals surface area contributed by atoms with E-state index in [1.807, 2.05) is 13.0 Å². The van der Waals surface area contributed by atoms with E-state index in [2.05, 4.69) is 15.9 Å². The molecular weight excluding hydrogens is 248 g/mol. The summed E-state index contributed by atoms with van der Waals surface area (Å²) in [6, 6.07) is 5.09. The largest absolute Gasteiger partial charge is 0.493 e. The predicted octanol–water partition coefficient (Wildman–Crippen LogP) is 2.68. The number of halogens is 1. The second-order valence-corrected chi connectivity index (χ2v) is 3.23. The predicted molar refractivity (Wildman–Crippen MR) is 57.2 cm³/mol. The van der Waals surface area contributed by atoms with Crippen LogP contribution in [0.3, 0.4) is 0 Å². The molecule has 1 N–H and O–H groups in total. The molecule has 0 aromatic heterocycles. The Morgan fingerprint density at radius 3 is 2.79 bits per heavy atom. The van der Waals surface area contributed by atoms with Crippen LogP contribution in [0.1, 0.15) is 22.8 Å². The average Bonchev–Trinajstić information content (AvgIpc) is 2.18. The fourth-order valence-electron chi connectivity index (χ4n) is 1.17. The van der Waals surface area contributed by atoms with Crippen molar-refractivity contribution in [2.45, 2.75) is 12.3 Å². The highest BCUT2D eigenvalue weighted by Gasteiger charge is 2.13. The molecule has 1 aromatic rings. The van der Waals surface area contributed by atoms with E-state index < -0.39 is 5.97 Å². The minimum atomic E-state index is -0.962. The van der Waals surface area contributed by atoms with Gasteiger partial charge in [-0.3, -0.25) is 0 Å². The summed E-state index contributed by atoms with van der Waals surface area (Å²) in [5.74, 6) is -0.504. The molecule has 0 unspecified atom stereocenters. The molecule has 76 valence electrons. The second kappa shape index (κ2) is 5.00. The van der Waals surface area contributed by atoms with E-state index in [0.717, 1.165) is 5.56 Å². The highest BCUT2D eigenvalue weighted by atomic mass is 79.9. The summed E-state index contributed by atoms with van der Waals surface area (Å²) >= 11 is 3.29. The van der Waals surface area contributed by atoms with Gasteiger partial charge in [0.25, 0.3) is 0 Å². The molecule has 0 saturated heterocycles. The van der Waals surface area contributed by atoms with Crippen molar-refractivity contribution >= 4 is 21.9 Å². The molecule has 0 spiro atoms. The Hall–Kier alpha value is -1.03. The van der Waals surface area contributed by atoms with Gasteiger partial charge in [-0.2, -0.15) is 0 Å². The Morgan fingerprint density at radius 1 is 1.57 bits per heavy atom. The molecule has 0 fully saturated rings. The first-order valence-electron chi connectivity index (χ1n) is 4.24. The molecule has 4 heteroatoms. The van der Waals surface area contributed by atoms with Crippen LogP contribution < -0.4 is 4.74 Å². The first-order valence-corrected chi connectivity index (χ1v) is 5.36. The maximum absolute atomic E-state index is 10.9. The van der Waals surface area contributed by atoms with E-state index in [-0.39, 0.29) is 5.56 Å². The fraction of sp³-hybridized carbons (Fsp3) is 0.300. The van der Waals surface area contributed by atoms with Gasteiger partial charge in [0.1, 0.15) is 11.3 Å². The third kappa shape index (κ3) is 2.26. The van der Waals surface area contributed by atoms with Gasteiger partial charge in [0.2, 0.25) is 0 Å². The monoisotopic (exact) mass is 258 g/mol. The molecule has 0 atom stereocenters. The molecule has 0 aliphatic carbocycles. The van der Waals surface area contributed by atoms with Crippen molar-refractivity contribution in [3.63, 3.8) is 0 Å². The summed E-state index contributed by atoms with van der Waals surface area (Å²) in [6.45, 7) is 2.29. The average molecular weight is 259 g/mol. The third-order valence-corrected chi connectivity index (χ3v) is 2.36. The van der Waals surface area contributed by atoms with E-state index in [1.54, 1.807) is 12.1 Å². The Balaban J connectivity index is 3.20. The Morgan fingerprint density at radius 2 is 2.29 bits per heavy atom. The van der Waals surface area contributed by atoms with Crippen molar-refractivity contribution in [1.29, 1.82) is 0 Å². The molecule has 0 amide bonds. The maximum atomic E-state index is 10.9. The highest BCUT2D eigenvalue weighted by molar-refractivity contribution is 9.08. The molecule has 1 rings (SSSR count). The smallest absolute Gasteiger partial charge is 0.339 e. The van der Waals surface area contributed by atoms with Gasteiger partial charge in [-0.1, -0.05) is 28.1 Å². The van der Waals surface area contributed by atoms with Crippen LogP contribution in [0.25, 0.3) is 0 Å². The number of rotatable bonds is 4. The number of hydrogen-bond donors (Lipinski definition) is 1. The van der Waals surface area contributed by atoms with Gasteiger partial charge >= 0.3 is 5.97 Å². The number of carboxylic acid groups (broad SMARTS) is 1. The van der Waals surface area contributed by atoms with Gasteiger partial charge in [0, 0.05) is 10.9 Å². The Bertz CT molecular complexity index is 336. The second-order valence-electron chi connectivity index (χ2n) is 2.67. The minimum absolute atomic E-state index is 0.212. The quantitative estimate of drug-likeness (QED) is 0.845. The zero-order valence-corrected chi connectivity index (χ0v) is 9.37. The lowest BCUT2D eigenvalue weighted by atomic mass is 10.1. The summed E-state index contributed by atoms with van der Waals surface area (Å²) in [6.07, 6.45) is 0. The highest BCUT2D eigenvalue weighted by Crippen LogP contribution is 2.26. The summed E-state index contributed by atoms with van der Waals surface area (Å²) in [5, 5.41) is 9.50. The zero-order chi connectivity index (χ0) is 10.6. The van der Waals surface area contributed by atoms with Crippen molar-refractivity contribution in [1.82, 2.24) is 0 Å². The first kappa shape index (κ1) is 11.0. The summed E-state index contributed by atoms with van der Waals surface area (Å²) < 4.78 is 5.31. The number of carboxylic acids is 1. The number of ether oxygens (including phenoxy) is 1. The van der Waals surface area contributed by atoms with Crippen LogP contribution in [-0.4, -0.2) is 17.7 Å². The van der Waals surface area contributed by atoms with Crippen LogP contribution in [0.5, 0.6) is 5.75 Å². The summed E-state index contributed by atoms with van der Waals surface area (Å²) in [7, 11) is 0. The van der Waals surface area contributed by atoms with Crippen molar-refractivity contribution in [2.24, 2.45) is 0 Å². The minimum Gasteiger partial charge on any atom is -0.493 e. The third-order valence-electron chi connectivity index (χ3n) is 1.76. The standard InChI is InChI=1S/C10H11BrO3/c1-2-14-9-7(6-11)4-3-5-8(9)10(12)13/h3-5H,2,6H2,1H3,(H,12,13). The van der Waals surface area contributed by atoms with Gasteiger partial charge in [0.05, 0.1) is 6.61 Å². The lowest BCUT2D eigenvalue weighted by Gasteiger charge is -2.10. The molecule has 0 saturated carbocycles. The van der Waals surface area contributed by atoms with E-state index in [9.17, 15) is 4.79 Å². The fourth-order valence-corrected chi connectivity index (χ4v) is 1.61. The SMILES string of the molecule is CCOc1c(CBr)cccc1C(=O)O. The number of carbonyl (C=O) groups is 1. The maximum Gasteiger partial charge on any atom is 0.339 e. The van der Waals surface area contributed by atoms with Crippen LogP contribution >= 0.6 is 15.9 Å². The van der Waals surface area contributed by atoms with Crippen molar-refractivity contribution < 1.29 is 14.6 Å². The molecule has 1 aromatic carbocycles. The van der Waals surface area contributed by atoms with Gasteiger partial charge in [-0.15, -0.1) is 0 Å². The number of alkyl halides is 1. The van der Waals surface area contributed by atoms with Gasteiger partial charge in [-0.05, 0) is 13.0 Å². The van der Waals surface area contributed by atoms with E-state index >= 15 is 0 Å². The van der Waals surface area contributed by atoms with Crippen LogP contribution in [0, 0.1) is 0 Å². The van der Waals surface area contributed by atoms with Crippen LogP contribution in [-0.2, 0) is 5.33 Å². The van der Waals surface area contributed by atoms with Crippen LogP contribution in [0.2, 0.25) is 0 Å². The number of para-hydroxylation sites is 1. The molecule has 14 heavy (non-hydrogen) atoms. The Labute approximate surface area is 90.8 Å². The number of benzene rings is 1. The molecule has 0 heterocycles. The molecule has 0 aliphatic rings. The van der Waals surface area contributed by atoms with Gasteiger partial charge in [0.15, 0.2) is 0 Å². The van der Waals surface area contributed by atoms with Crippen molar-refractivity contribution in [2.75, 3.05) is 6.61 Å². The van der Waals surface area contributed by atoms with Gasteiger partial charge < -0.3 is 9.84 Å². The topological polar surface area (TPSA) is 46.5 Å². The Kier molecular flexibility index (Phi) is 3.95. The van der Waals surface area contributed by atoms with Crippen molar-refractivity contribution in [3.8, 4) is 5.75 Å². The summed E-state index contributed by atoms with van der Waals surface area (Å²) in [5.41, 5.74) is 1.07.